The lowest BCUT2D eigenvalue weighted by Gasteiger charge is -2.05. The lowest BCUT2D eigenvalue weighted by atomic mass is 10.1. The van der Waals surface area contributed by atoms with Crippen molar-refractivity contribution < 1.29 is 19.7 Å². The van der Waals surface area contributed by atoms with Gasteiger partial charge in [0.1, 0.15) is 17.2 Å². The van der Waals surface area contributed by atoms with E-state index in [1.54, 1.807) is 30.3 Å². The van der Waals surface area contributed by atoms with E-state index in [1.165, 1.54) is 38.2 Å². The van der Waals surface area contributed by atoms with Crippen LogP contribution >= 0.6 is 0 Å². The largest absolute Gasteiger partial charge is 0.508 e. The average molecular weight is 383 g/mol. The van der Waals surface area contributed by atoms with E-state index in [2.05, 4.69) is 6.92 Å². The summed E-state index contributed by atoms with van der Waals surface area (Å²) >= 11 is 0. The Morgan fingerprint density at radius 3 is 2.04 bits per heavy atom. The molecule has 0 radical (unpaired) electrons. The molecule has 0 saturated heterocycles. The minimum Gasteiger partial charge on any atom is -0.508 e. The van der Waals surface area contributed by atoms with E-state index < -0.39 is 0 Å². The third-order valence-electron chi connectivity index (χ3n) is 4.49. The third kappa shape index (κ3) is 8.30. The van der Waals surface area contributed by atoms with E-state index in [0.29, 0.717) is 17.7 Å². The Labute approximate surface area is 167 Å². The summed E-state index contributed by atoms with van der Waals surface area (Å²) in [7, 11) is 0. The number of aromatic hydroxyl groups is 2. The summed E-state index contributed by atoms with van der Waals surface area (Å²) in [5.74, 6) is 0.387. The van der Waals surface area contributed by atoms with Crippen LogP contribution in [0.4, 0.5) is 0 Å². The molecule has 0 aliphatic rings. The van der Waals surface area contributed by atoms with Gasteiger partial charge in [0.2, 0.25) is 0 Å². The van der Waals surface area contributed by atoms with Gasteiger partial charge in [-0.2, -0.15) is 0 Å². The smallest absolute Gasteiger partial charge is 0.311 e. The number of carbonyl (C=O) groups is 1. The predicted octanol–water partition coefficient (Wildman–Crippen LogP) is 6.31. The van der Waals surface area contributed by atoms with Crippen LogP contribution in [0.3, 0.4) is 0 Å². The Balaban J connectivity index is 1.74. The van der Waals surface area contributed by atoms with Crippen LogP contribution in [0.5, 0.6) is 17.2 Å². The van der Waals surface area contributed by atoms with Crippen LogP contribution in [0.25, 0.3) is 12.2 Å². The normalized spacial score (nSPS) is 11.0. The molecular weight excluding hydrogens is 352 g/mol. The van der Waals surface area contributed by atoms with Gasteiger partial charge in [-0.3, -0.25) is 4.79 Å². The lowest BCUT2D eigenvalue weighted by Crippen LogP contribution is -2.07. The monoisotopic (exact) mass is 382 g/mol. The molecule has 28 heavy (non-hydrogen) atoms. The number of esters is 1. The highest BCUT2D eigenvalue weighted by molar-refractivity contribution is 5.73. The molecular formula is C24H30O4. The molecule has 0 fully saturated rings. The first-order valence-corrected chi connectivity index (χ1v) is 10.1. The number of phenolic OH excluding ortho intramolecular Hbond substituents is 2. The molecule has 0 atom stereocenters. The van der Waals surface area contributed by atoms with Gasteiger partial charge in [0.15, 0.2) is 0 Å². The lowest BCUT2D eigenvalue weighted by molar-refractivity contribution is -0.134. The van der Waals surface area contributed by atoms with Gasteiger partial charge in [-0.25, -0.2) is 0 Å². The van der Waals surface area contributed by atoms with Crippen molar-refractivity contribution in [1.29, 1.82) is 0 Å². The van der Waals surface area contributed by atoms with Gasteiger partial charge in [-0.05, 0) is 41.8 Å². The summed E-state index contributed by atoms with van der Waals surface area (Å²) in [6, 6.07) is 11.7. The highest BCUT2D eigenvalue weighted by Gasteiger charge is 2.04. The van der Waals surface area contributed by atoms with Crippen molar-refractivity contribution in [2.75, 3.05) is 0 Å². The van der Waals surface area contributed by atoms with Crippen molar-refractivity contribution in [2.24, 2.45) is 0 Å². The summed E-state index contributed by atoms with van der Waals surface area (Å²) in [6.07, 6.45) is 12.3. The zero-order valence-corrected chi connectivity index (χ0v) is 16.6. The second kappa shape index (κ2) is 11.9. The summed E-state index contributed by atoms with van der Waals surface area (Å²) in [5, 5.41) is 19.0. The standard InChI is InChI=1S/C24H30O4/c1-2-3-4-5-6-7-8-9-24(27)28-23-14-12-19(13-15-23)10-11-20-16-21(25)18-22(26)17-20/h10-18,25-26H,2-9H2,1H3. The zero-order chi connectivity index (χ0) is 20.2. The van der Waals surface area contributed by atoms with E-state index >= 15 is 0 Å². The van der Waals surface area contributed by atoms with Crippen LogP contribution in [0.2, 0.25) is 0 Å². The fourth-order valence-corrected chi connectivity index (χ4v) is 2.96. The van der Waals surface area contributed by atoms with Gasteiger partial charge in [-0.15, -0.1) is 0 Å². The maximum absolute atomic E-state index is 11.9. The minimum atomic E-state index is -0.188. The second-order valence-corrected chi connectivity index (χ2v) is 7.03. The average Bonchev–Trinajstić information content (AvgIpc) is 2.66. The summed E-state index contributed by atoms with van der Waals surface area (Å²) in [4.78, 5) is 11.9. The van der Waals surface area contributed by atoms with E-state index in [0.717, 1.165) is 18.4 Å². The molecule has 2 rings (SSSR count). The van der Waals surface area contributed by atoms with E-state index in [4.69, 9.17) is 4.74 Å². The van der Waals surface area contributed by atoms with Gasteiger partial charge in [0.05, 0.1) is 0 Å². The molecule has 2 aromatic carbocycles. The minimum absolute atomic E-state index is 0.0165. The molecule has 0 unspecified atom stereocenters. The molecule has 0 spiro atoms. The van der Waals surface area contributed by atoms with Crippen molar-refractivity contribution in [3.63, 3.8) is 0 Å². The van der Waals surface area contributed by atoms with Gasteiger partial charge < -0.3 is 14.9 Å². The molecule has 4 nitrogen and oxygen atoms in total. The summed E-state index contributed by atoms with van der Waals surface area (Å²) in [5.41, 5.74) is 1.62. The van der Waals surface area contributed by atoms with Crippen molar-refractivity contribution in [3.05, 3.63) is 53.6 Å². The van der Waals surface area contributed by atoms with E-state index in [9.17, 15) is 15.0 Å². The molecule has 2 aromatic rings. The number of hydrogen-bond donors (Lipinski definition) is 2. The maximum atomic E-state index is 11.9. The number of hydrogen-bond acceptors (Lipinski definition) is 4. The van der Waals surface area contributed by atoms with Crippen molar-refractivity contribution >= 4 is 18.1 Å². The summed E-state index contributed by atoms with van der Waals surface area (Å²) in [6.45, 7) is 2.21. The molecule has 0 aliphatic carbocycles. The van der Waals surface area contributed by atoms with Crippen molar-refractivity contribution in [1.82, 2.24) is 0 Å². The predicted molar refractivity (Wildman–Crippen MR) is 113 cm³/mol. The number of ether oxygens (including phenoxy) is 1. The Kier molecular flexibility index (Phi) is 9.13. The van der Waals surface area contributed by atoms with Gasteiger partial charge in [0, 0.05) is 12.5 Å². The molecule has 2 N–H and O–H groups in total. The number of phenols is 2. The van der Waals surface area contributed by atoms with Gasteiger partial charge in [0.25, 0.3) is 0 Å². The first kappa shape index (κ1) is 21.5. The number of benzene rings is 2. The van der Waals surface area contributed by atoms with Gasteiger partial charge >= 0.3 is 5.97 Å². The SMILES string of the molecule is CCCCCCCCCC(=O)Oc1ccc(C=Cc2cc(O)cc(O)c2)cc1. The molecule has 150 valence electrons. The molecule has 0 heterocycles. The fraction of sp³-hybridized carbons (Fsp3) is 0.375. The number of carbonyl (C=O) groups excluding carboxylic acids is 1. The van der Waals surface area contributed by atoms with Crippen LogP contribution in [0, 0.1) is 0 Å². The zero-order valence-electron chi connectivity index (χ0n) is 16.6. The first-order valence-electron chi connectivity index (χ1n) is 10.1. The van der Waals surface area contributed by atoms with Crippen LogP contribution in [0.15, 0.2) is 42.5 Å². The Hall–Kier alpha value is -2.75. The molecule has 0 amide bonds. The Bertz CT molecular complexity index is 742. The van der Waals surface area contributed by atoms with Crippen LogP contribution in [-0.2, 0) is 4.79 Å². The van der Waals surface area contributed by atoms with E-state index in [-0.39, 0.29) is 17.5 Å². The van der Waals surface area contributed by atoms with Crippen LogP contribution in [-0.4, -0.2) is 16.2 Å². The highest BCUT2D eigenvalue weighted by Crippen LogP contribution is 2.22. The third-order valence-corrected chi connectivity index (χ3v) is 4.49. The van der Waals surface area contributed by atoms with E-state index in [1.807, 2.05) is 18.2 Å². The molecule has 0 aromatic heterocycles. The molecule has 0 bridgehead atoms. The van der Waals surface area contributed by atoms with Crippen LogP contribution in [0.1, 0.15) is 69.4 Å². The fourth-order valence-electron chi connectivity index (χ4n) is 2.96. The molecule has 0 saturated carbocycles. The Morgan fingerprint density at radius 1 is 0.821 bits per heavy atom. The maximum Gasteiger partial charge on any atom is 0.311 e. The van der Waals surface area contributed by atoms with Crippen LogP contribution < -0.4 is 4.74 Å². The molecule has 0 aliphatic heterocycles. The quantitative estimate of drug-likeness (QED) is 0.207. The molecule has 4 heteroatoms. The Morgan fingerprint density at radius 2 is 1.39 bits per heavy atom. The summed E-state index contributed by atoms with van der Waals surface area (Å²) < 4.78 is 5.38. The van der Waals surface area contributed by atoms with Crippen molar-refractivity contribution in [3.8, 4) is 17.2 Å². The van der Waals surface area contributed by atoms with Gasteiger partial charge in [-0.1, -0.05) is 69.7 Å². The number of unbranched alkanes of at least 4 members (excludes halogenated alkanes) is 6. The number of rotatable bonds is 11. The van der Waals surface area contributed by atoms with Crippen molar-refractivity contribution in [2.45, 2.75) is 58.3 Å². The topological polar surface area (TPSA) is 66.8 Å². The second-order valence-electron chi connectivity index (χ2n) is 7.03. The first-order chi connectivity index (χ1) is 13.6. The highest BCUT2D eigenvalue weighted by atomic mass is 16.5.